The first-order chi connectivity index (χ1) is 7.65. The number of hydrogen-bond acceptors (Lipinski definition) is 3. The molecular formula is C10H11BrN4O. The summed E-state index contributed by atoms with van der Waals surface area (Å²) in [7, 11) is 0. The van der Waals surface area contributed by atoms with Gasteiger partial charge < -0.3 is 11.1 Å². The predicted octanol–water partition coefficient (Wildman–Crippen LogP) is 1.11. The van der Waals surface area contributed by atoms with Crippen molar-refractivity contribution in [3.05, 3.63) is 22.3 Å². The van der Waals surface area contributed by atoms with E-state index in [1.54, 1.807) is 0 Å². The number of nitrogens with two attached hydrogens (primary N) is 1. The summed E-state index contributed by atoms with van der Waals surface area (Å²) < 4.78 is 2.34. The highest BCUT2D eigenvalue weighted by Gasteiger charge is 2.29. The number of allylic oxidation sites excluding steroid dienone is 1. The van der Waals surface area contributed by atoms with E-state index in [0.717, 1.165) is 18.8 Å². The van der Waals surface area contributed by atoms with E-state index in [9.17, 15) is 4.79 Å². The zero-order chi connectivity index (χ0) is 11.3. The number of halogens is 1. The number of aromatic nitrogens is 2. The fraction of sp³-hybridized carbons (Fsp3) is 0.400. The SMILES string of the molecule is NC(=O)c1c(Br)nn2c1N[C@@H]1C=C[C@@H](C1)C2. The topological polar surface area (TPSA) is 72.9 Å². The van der Waals surface area contributed by atoms with Gasteiger partial charge in [-0.25, -0.2) is 4.68 Å². The van der Waals surface area contributed by atoms with Crippen LogP contribution in [0.1, 0.15) is 16.8 Å². The smallest absolute Gasteiger partial charge is 0.255 e. The highest BCUT2D eigenvalue weighted by molar-refractivity contribution is 9.10. The van der Waals surface area contributed by atoms with Crippen LogP contribution in [0.15, 0.2) is 16.8 Å². The van der Waals surface area contributed by atoms with Gasteiger partial charge in [-0.05, 0) is 28.3 Å². The normalized spacial score (nSPS) is 26.1. The first-order valence-corrected chi connectivity index (χ1v) is 5.95. The van der Waals surface area contributed by atoms with Gasteiger partial charge in [-0.1, -0.05) is 12.2 Å². The maximum Gasteiger partial charge on any atom is 0.255 e. The molecule has 0 radical (unpaired) electrons. The van der Waals surface area contributed by atoms with Crippen molar-refractivity contribution < 1.29 is 4.79 Å². The van der Waals surface area contributed by atoms with Gasteiger partial charge in [0, 0.05) is 12.6 Å². The molecule has 0 unspecified atom stereocenters. The number of anilines is 1. The third-order valence-electron chi connectivity index (χ3n) is 3.06. The fourth-order valence-electron chi connectivity index (χ4n) is 2.34. The summed E-state index contributed by atoms with van der Waals surface area (Å²) in [5.74, 6) is 0.768. The second kappa shape index (κ2) is 3.35. The van der Waals surface area contributed by atoms with E-state index in [1.807, 2.05) is 4.68 Å². The summed E-state index contributed by atoms with van der Waals surface area (Å²) in [6, 6.07) is 0.285. The van der Waals surface area contributed by atoms with Gasteiger partial charge in [0.15, 0.2) is 0 Å². The summed E-state index contributed by atoms with van der Waals surface area (Å²) in [5, 5.41) is 7.59. The molecule has 5 nitrogen and oxygen atoms in total. The minimum Gasteiger partial charge on any atom is -0.365 e. The van der Waals surface area contributed by atoms with Gasteiger partial charge in [-0.3, -0.25) is 4.79 Å². The number of fused-ring (bicyclic) bond motifs is 3. The summed E-state index contributed by atoms with van der Waals surface area (Å²) in [4.78, 5) is 11.4. The van der Waals surface area contributed by atoms with E-state index in [1.165, 1.54) is 0 Å². The molecule has 1 amide bonds. The molecule has 16 heavy (non-hydrogen) atoms. The van der Waals surface area contributed by atoms with Crippen LogP contribution in [0.5, 0.6) is 0 Å². The van der Waals surface area contributed by atoms with Crippen LogP contribution in [-0.2, 0) is 6.54 Å². The molecule has 84 valence electrons. The Kier molecular flexibility index (Phi) is 2.07. The highest BCUT2D eigenvalue weighted by Crippen LogP contribution is 2.32. The number of nitrogens with zero attached hydrogens (tertiary/aromatic N) is 2. The van der Waals surface area contributed by atoms with Crippen molar-refractivity contribution in [2.24, 2.45) is 11.7 Å². The molecule has 1 aromatic rings. The predicted molar refractivity (Wildman–Crippen MR) is 63.1 cm³/mol. The number of amides is 1. The van der Waals surface area contributed by atoms with Gasteiger partial charge in [-0.2, -0.15) is 5.10 Å². The minimum atomic E-state index is -0.456. The lowest BCUT2D eigenvalue weighted by molar-refractivity contribution is 0.100. The highest BCUT2D eigenvalue weighted by atomic mass is 79.9. The molecule has 1 aromatic heterocycles. The standard InChI is InChI=1S/C10H11BrN4O/c11-8-7(9(12)16)10-13-6-2-1-5(3-6)4-15(10)14-8/h1-2,5-6,13H,3-4H2,(H2,12,16)/t5-,6+/m0/s1. The van der Waals surface area contributed by atoms with Gasteiger partial charge in [-0.15, -0.1) is 0 Å². The van der Waals surface area contributed by atoms with Crippen LogP contribution < -0.4 is 11.1 Å². The molecule has 3 N–H and O–H groups in total. The van der Waals surface area contributed by atoms with Gasteiger partial charge >= 0.3 is 0 Å². The number of primary amides is 1. The van der Waals surface area contributed by atoms with Gasteiger partial charge in [0.2, 0.25) is 0 Å². The van der Waals surface area contributed by atoms with E-state index in [4.69, 9.17) is 5.73 Å². The zero-order valence-corrected chi connectivity index (χ0v) is 10.1. The Labute approximate surface area is 101 Å². The van der Waals surface area contributed by atoms with Crippen molar-refractivity contribution >= 4 is 27.7 Å². The van der Waals surface area contributed by atoms with E-state index in [2.05, 4.69) is 38.5 Å². The maximum absolute atomic E-state index is 11.4. The summed E-state index contributed by atoms with van der Waals surface area (Å²) in [6.45, 7) is 0.793. The van der Waals surface area contributed by atoms with Crippen molar-refractivity contribution in [2.45, 2.75) is 19.0 Å². The lowest BCUT2D eigenvalue weighted by Crippen LogP contribution is -2.19. The van der Waals surface area contributed by atoms with Crippen molar-refractivity contribution in [1.82, 2.24) is 9.78 Å². The Hall–Kier alpha value is -1.30. The van der Waals surface area contributed by atoms with Crippen LogP contribution in [0, 0.1) is 5.92 Å². The third kappa shape index (κ3) is 1.36. The van der Waals surface area contributed by atoms with Crippen LogP contribution in [0.2, 0.25) is 0 Å². The second-order valence-electron chi connectivity index (χ2n) is 4.19. The summed E-state index contributed by atoms with van der Waals surface area (Å²) in [6.07, 6.45) is 5.39. The third-order valence-corrected chi connectivity index (χ3v) is 3.61. The van der Waals surface area contributed by atoms with E-state index in [-0.39, 0.29) is 6.04 Å². The Balaban J connectivity index is 2.11. The van der Waals surface area contributed by atoms with Crippen molar-refractivity contribution in [1.29, 1.82) is 0 Å². The van der Waals surface area contributed by atoms with Crippen LogP contribution >= 0.6 is 15.9 Å². The first kappa shape index (κ1) is 9.89. The maximum atomic E-state index is 11.4. The van der Waals surface area contributed by atoms with Crippen LogP contribution in [0.3, 0.4) is 0 Å². The molecule has 0 saturated carbocycles. The Bertz CT molecular complexity index is 493. The van der Waals surface area contributed by atoms with Crippen LogP contribution in [0.4, 0.5) is 5.82 Å². The van der Waals surface area contributed by atoms with E-state index < -0.39 is 5.91 Å². The lowest BCUT2D eigenvalue weighted by atomic mass is 10.1. The molecule has 2 atom stereocenters. The average Bonchev–Trinajstić information content (AvgIpc) is 2.68. The van der Waals surface area contributed by atoms with E-state index in [0.29, 0.717) is 16.1 Å². The number of carbonyl (C=O) groups is 1. The van der Waals surface area contributed by atoms with Gasteiger partial charge in [0.1, 0.15) is 16.0 Å². The monoisotopic (exact) mass is 282 g/mol. The molecule has 2 bridgehead atoms. The molecule has 2 heterocycles. The van der Waals surface area contributed by atoms with Gasteiger partial charge in [0.05, 0.1) is 0 Å². The Morgan fingerprint density at radius 1 is 1.62 bits per heavy atom. The van der Waals surface area contributed by atoms with Crippen LogP contribution in [0.25, 0.3) is 0 Å². The molecule has 0 fully saturated rings. The zero-order valence-electron chi connectivity index (χ0n) is 8.48. The molecule has 1 aliphatic heterocycles. The molecule has 0 spiro atoms. The molecule has 6 heteroatoms. The first-order valence-electron chi connectivity index (χ1n) is 5.16. The molecule has 3 rings (SSSR count). The quantitative estimate of drug-likeness (QED) is 0.758. The number of carbonyl (C=O) groups excluding carboxylic acids is 1. The largest absolute Gasteiger partial charge is 0.365 e. The lowest BCUT2D eigenvalue weighted by Gasteiger charge is -2.11. The average molecular weight is 283 g/mol. The van der Waals surface area contributed by atoms with Crippen molar-refractivity contribution in [3.8, 4) is 0 Å². The molecule has 2 aliphatic rings. The molecule has 0 aromatic carbocycles. The molecular weight excluding hydrogens is 272 g/mol. The van der Waals surface area contributed by atoms with Crippen molar-refractivity contribution in [2.75, 3.05) is 5.32 Å². The Morgan fingerprint density at radius 3 is 3.19 bits per heavy atom. The molecule has 0 saturated heterocycles. The summed E-state index contributed by atoms with van der Waals surface area (Å²) in [5.41, 5.74) is 5.80. The number of hydrogen-bond donors (Lipinski definition) is 2. The van der Waals surface area contributed by atoms with Crippen molar-refractivity contribution in [3.63, 3.8) is 0 Å². The number of nitrogens with one attached hydrogen (secondary N) is 1. The van der Waals surface area contributed by atoms with Gasteiger partial charge in [0.25, 0.3) is 5.91 Å². The fourth-order valence-corrected chi connectivity index (χ4v) is 2.92. The van der Waals surface area contributed by atoms with E-state index >= 15 is 0 Å². The van der Waals surface area contributed by atoms with Crippen LogP contribution in [-0.4, -0.2) is 21.7 Å². The second-order valence-corrected chi connectivity index (χ2v) is 4.94. The summed E-state index contributed by atoms with van der Waals surface area (Å²) >= 11 is 3.27. The Morgan fingerprint density at radius 2 is 2.44 bits per heavy atom. The minimum absolute atomic E-state index is 0.285. The number of rotatable bonds is 1. The molecule has 1 aliphatic carbocycles.